The maximum Gasteiger partial charge on any atom is 0.144 e. The first kappa shape index (κ1) is 13.2. The molecule has 0 amide bonds. The number of rotatable bonds is 5. The van der Waals surface area contributed by atoms with Gasteiger partial charge in [-0.15, -0.1) is 0 Å². The molecule has 2 rings (SSSR count). The lowest BCUT2D eigenvalue weighted by atomic mass is 10.1. The molecular weight excluding hydrogens is 228 g/mol. The summed E-state index contributed by atoms with van der Waals surface area (Å²) in [5, 5.41) is 3.15. The first-order valence-corrected chi connectivity index (χ1v) is 6.61. The standard InChI is InChI=1S/C13H22N4O/c1-3-14-13-9-15-11(8-16-13)10-17-6-4-12(18-2)5-7-17/h8-9,12H,3-7,10H2,1-2H3,(H,14,16). The molecule has 1 aliphatic rings. The van der Waals surface area contributed by atoms with Gasteiger partial charge in [0.1, 0.15) is 5.82 Å². The van der Waals surface area contributed by atoms with Crippen LogP contribution >= 0.6 is 0 Å². The van der Waals surface area contributed by atoms with Crippen molar-refractivity contribution >= 4 is 5.82 Å². The fourth-order valence-electron chi connectivity index (χ4n) is 2.24. The Morgan fingerprint density at radius 3 is 2.67 bits per heavy atom. The van der Waals surface area contributed by atoms with Crippen molar-refractivity contribution in [3.05, 3.63) is 18.1 Å². The molecule has 1 aliphatic heterocycles. The van der Waals surface area contributed by atoms with Crippen LogP contribution in [-0.4, -0.2) is 47.7 Å². The van der Waals surface area contributed by atoms with E-state index in [0.29, 0.717) is 6.10 Å². The van der Waals surface area contributed by atoms with Crippen molar-refractivity contribution in [3.8, 4) is 0 Å². The Hall–Kier alpha value is -1.20. The van der Waals surface area contributed by atoms with E-state index in [1.807, 2.05) is 6.20 Å². The first-order chi connectivity index (χ1) is 8.81. The van der Waals surface area contributed by atoms with E-state index < -0.39 is 0 Å². The fourth-order valence-corrected chi connectivity index (χ4v) is 2.24. The Balaban J connectivity index is 1.82. The summed E-state index contributed by atoms with van der Waals surface area (Å²) in [6, 6.07) is 0. The zero-order chi connectivity index (χ0) is 12.8. The number of likely N-dealkylation sites (tertiary alicyclic amines) is 1. The average Bonchev–Trinajstić information content (AvgIpc) is 2.42. The second-order valence-corrected chi connectivity index (χ2v) is 4.63. The number of hydrogen-bond donors (Lipinski definition) is 1. The van der Waals surface area contributed by atoms with Crippen LogP contribution in [0.5, 0.6) is 0 Å². The van der Waals surface area contributed by atoms with Crippen LogP contribution in [0, 0.1) is 0 Å². The minimum Gasteiger partial charge on any atom is -0.381 e. The summed E-state index contributed by atoms with van der Waals surface area (Å²) in [6.45, 7) is 5.97. The van der Waals surface area contributed by atoms with Gasteiger partial charge in [-0.05, 0) is 19.8 Å². The molecule has 0 bridgehead atoms. The van der Waals surface area contributed by atoms with Gasteiger partial charge in [-0.25, -0.2) is 4.98 Å². The van der Waals surface area contributed by atoms with Crippen LogP contribution in [0.3, 0.4) is 0 Å². The van der Waals surface area contributed by atoms with E-state index in [4.69, 9.17) is 4.74 Å². The van der Waals surface area contributed by atoms with E-state index >= 15 is 0 Å². The number of piperidine rings is 1. The minimum absolute atomic E-state index is 0.434. The summed E-state index contributed by atoms with van der Waals surface area (Å²) in [5.74, 6) is 0.847. The zero-order valence-corrected chi connectivity index (χ0v) is 11.2. The van der Waals surface area contributed by atoms with E-state index in [2.05, 4.69) is 27.1 Å². The third kappa shape index (κ3) is 3.65. The second-order valence-electron chi connectivity index (χ2n) is 4.63. The van der Waals surface area contributed by atoms with Crippen LogP contribution in [0.1, 0.15) is 25.5 Å². The molecule has 1 saturated heterocycles. The number of ether oxygens (including phenoxy) is 1. The van der Waals surface area contributed by atoms with Crippen LogP contribution in [0.2, 0.25) is 0 Å². The van der Waals surface area contributed by atoms with Gasteiger partial charge < -0.3 is 10.1 Å². The molecule has 0 aliphatic carbocycles. The van der Waals surface area contributed by atoms with E-state index in [9.17, 15) is 0 Å². The molecule has 0 unspecified atom stereocenters. The molecule has 0 radical (unpaired) electrons. The number of methoxy groups -OCH3 is 1. The topological polar surface area (TPSA) is 50.3 Å². The summed E-state index contributed by atoms with van der Waals surface area (Å²) in [4.78, 5) is 11.2. The van der Waals surface area contributed by atoms with Crippen molar-refractivity contribution in [3.63, 3.8) is 0 Å². The van der Waals surface area contributed by atoms with Gasteiger partial charge in [0, 0.05) is 33.3 Å². The minimum atomic E-state index is 0.434. The van der Waals surface area contributed by atoms with Crippen LogP contribution in [-0.2, 0) is 11.3 Å². The van der Waals surface area contributed by atoms with Gasteiger partial charge in [0.2, 0.25) is 0 Å². The first-order valence-electron chi connectivity index (χ1n) is 6.61. The fraction of sp³-hybridized carbons (Fsp3) is 0.692. The van der Waals surface area contributed by atoms with Crippen molar-refractivity contribution in [2.45, 2.75) is 32.4 Å². The van der Waals surface area contributed by atoms with Gasteiger partial charge in [-0.2, -0.15) is 0 Å². The molecular formula is C13H22N4O. The van der Waals surface area contributed by atoms with Crippen molar-refractivity contribution in [2.75, 3.05) is 32.1 Å². The van der Waals surface area contributed by atoms with E-state index in [0.717, 1.165) is 50.5 Å². The molecule has 18 heavy (non-hydrogen) atoms. The third-order valence-electron chi connectivity index (χ3n) is 3.32. The molecule has 100 valence electrons. The Morgan fingerprint density at radius 1 is 1.33 bits per heavy atom. The molecule has 2 heterocycles. The Morgan fingerprint density at radius 2 is 2.11 bits per heavy atom. The predicted octanol–water partition coefficient (Wildman–Crippen LogP) is 1.52. The Bertz CT molecular complexity index is 347. The average molecular weight is 250 g/mol. The van der Waals surface area contributed by atoms with Crippen molar-refractivity contribution in [2.24, 2.45) is 0 Å². The maximum absolute atomic E-state index is 5.37. The lowest BCUT2D eigenvalue weighted by Gasteiger charge is -2.30. The molecule has 1 fully saturated rings. The lowest BCUT2D eigenvalue weighted by Crippen LogP contribution is -2.36. The Kier molecular flexibility index (Phi) is 4.90. The normalized spacial score (nSPS) is 17.9. The molecule has 0 aromatic carbocycles. The van der Waals surface area contributed by atoms with Crippen LogP contribution in [0.4, 0.5) is 5.82 Å². The summed E-state index contributed by atoms with van der Waals surface area (Å²) < 4.78 is 5.37. The largest absolute Gasteiger partial charge is 0.381 e. The molecule has 5 nitrogen and oxygen atoms in total. The van der Waals surface area contributed by atoms with Gasteiger partial charge in [-0.3, -0.25) is 9.88 Å². The summed E-state index contributed by atoms with van der Waals surface area (Å²) in [6.07, 6.45) is 6.32. The van der Waals surface area contributed by atoms with Crippen LogP contribution in [0.15, 0.2) is 12.4 Å². The number of anilines is 1. The van der Waals surface area contributed by atoms with Crippen LogP contribution < -0.4 is 5.32 Å². The van der Waals surface area contributed by atoms with Crippen molar-refractivity contribution in [1.29, 1.82) is 0 Å². The van der Waals surface area contributed by atoms with E-state index in [-0.39, 0.29) is 0 Å². The highest BCUT2D eigenvalue weighted by Crippen LogP contribution is 2.14. The highest BCUT2D eigenvalue weighted by atomic mass is 16.5. The number of hydrogen-bond acceptors (Lipinski definition) is 5. The van der Waals surface area contributed by atoms with Gasteiger partial charge in [-0.1, -0.05) is 0 Å². The SMILES string of the molecule is CCNc1cnc(CN2CCC(OC)CC2)cn1. The Labute approximate surface area is 109 Å². The van der Waals surface area contributed by atoms with Gasteiger partial charge in [0.05, 0.1) is 24.2 Å². The van der Waals surface area contributed by atoms with Crippen LogP contribution in [0.25, 0.3) is 0 Å². The summed E-state index contributed by atoms with van der Waals surface area (Å²) >= 11 is 0. The van der Waals surface area contributed by atoms with Crippen molar-refractivity contribution < 1.29 is 4.74 Å². The molecule has 0 spiro atoms. The monoisotopic (exact) mass is 250 g/mol. The smallest absolute Gasteiger partial charge is 0.144 e. The third-order valence-corrected chi connectivity index (χ3v) is 3.32. The summed E-state index contributed by atoms with van der Waals surface area (Å²) in [7, 11) is 1.80. The maximum atomic E-state index is 5.37. The molecule has 1 aromatic rings. The highest BCUT2D eigenvalue weighted by molar-refractivity contribution is 5.30. The van der Waals surface area contributed by atoms with Gasteiger partial charge in [0.25, 0.3) is 0 Å². The molecule has 1 aromatic heterocycles. The number of aromatic nitrogens is 2. The number of nitrogens with one attached hydrogen (secondary N) is 1. The summed E-state index contributed by atoms with van der Waals surface area (Å²) in [5.41, 5.74) is 1.03. The quantitative estimate of drug-likeness (QED) is 0.858. The van der Waals surface area contributed by atoms with Crippen molar-refractivity contribution in [1.82, 2.24) is 14.9 Å². The van der Waals surface area contributed by atoms with Gasteiger partial charge >= 0.3 is 0 Å². The van der Waals surface area contributed by atoms with E-state index in [1.165, 1.54) is 0 Å². The molecule has 0 atom stereocenters. The lowest BCUT2D eigenvalue weighted by molar-refractivity contribution is 0.0385. The molecule has 5 heteroatoms. The zero-order valence-electron chi connectivity index (χ0n) is 11.2. The highest BCUT2D eigenvalue weighted by Gasteiger charge is 2.18. The molecule has 1 N–H and O–H groups in total. The predicted molar refractivity (Wildman–Crippen MR) is 71.5 cm³/mol. The van der Waals surface area contributed by atoms with Gasteiger partial charge in [0.15, 0.2) is 0 Å². The second kappa shape index (κ2) is 6.66. The number of nitrogens with zero attached hydrogens (tertiary/aromatic N) is 3. The van der Waals surface area contributed by atoms with E-state index in [1.54, 1.807) is 13.3 Å². The molecule has 0 saturated carbocycles.